The third-order valence-electron chi connectivity index (χ3n) is 1.90. The second kappa shape index (κ2) is 15.2. The van der Waals surface area contributed by atoms with E-state index in [-0.39, 0.29) is 14.4 Å². The van der Waals surface area contributed by atoms with Crippen LogP contribution in [-0.2, 0) is 14.4 Å². The molecule has 2 rings (SSSR count). The fraction of sp³-hybridized carbons (Fsp3) is 0.143. The van der Waals surface area contributed by atoms with Crippen LogP contribution in [0.25, 0.3) is 0 Å². The van der Waals surface area contributed by atoms with Crippen molar-refractivity contribution in [2.75, 3.05) is 14.1 Å². The Morgan fingerprint density at radius 1 is 0.857 bits per heavy atom. The van der Waals surface area contributed by atoms with Gasteiger partial charge in [-0.2, -0.15) is 0 Å². The third-order valence-corrected chi connectivity index (χ3v) is 1.90. The molecule has 0 fully saturated rings. The van der Waals surface area contributed by atoms with E-state index in [9.17, 15) is 0 Å². The Kier molecular flexibility index (Phi) is 14.3. The Labute approximate surface area is 140 Å². The van der Waals surface area contributed by atoms with E-state index in [1.54, 1.807) is 38.9 Å². The molecule has 0 atom stereocenters. The van der Waals surface area contributed by atoms with E-state index in [0.29, 0.717) is 0 Å². The van der Waals surface area contributed by atoms with Gasteiger partial charge < -0.3 is 0 Å². The van der Waals surface area contributed by atoms with E-state index >= 15 is 0 Å². The summed E-state index contributed by atoms with van der Waals surface area (Å²) in [5.74, 6) is 0. The second-order valence-electron chi connectivity index (χ2n) is 3.35. The van der Waals surface area contributed by atoms with E-state index < -0.39 is 0 Å². The van der Waals surface area contributed by atoms with Crippen molar-refractivity contribution in [3.63, 3.8) is 0 Å². The van der Waals surface area contributed by atoms with Crippen molar-refractivity contribution < 1.29 is 14.4 Å². The molecule has 0 aromatic carbocycles. The normalized spacial score (nSPS) is 9.52. The van der Waals surface area contributed by atoms with E-state index in [4.69, 9.17) is 19.7 Å². The number of rotatable bonds is 2. The molecular formula is C14H16Cl2N4V. The van der Waals surface area contributed by atoms with Gasteiger partial charge in [0.1, 0.15) is 0 Å². The van der Waals surface area contributed by atoms with Crippen molar-refractivity contribution in [1.82, 2.24) is 9.97 Å². The Morgan fingerprint density at radius 2 is 1.24 bits per heavy atom. The second-order valence-corrected chi connectivity index (χ2v) is 5.65. The predicted octanol–water partition coefficient (Wildman–Crippen LogP) is 3.64. The molecule has 0 N–H and O–H groups in total. The van der Waals surface area contributed by atoms with E-state index in [0.717, 1.165) is 11.4 Å². The first kappa shape index (κ1) is 19.8. The van der Waals surface area contributed by atoms with Gasteiger partial charge in [-0.05, 0) is 24.3 Å². The molecule has 0 spiro atoms. The first-order valence-corrected chi connectivity index (χ1v) is 9.71. The van der Waals surface area contributed by atoms with Crippen molar-refractivity contribution in [3.05, 3.63) is 60.2 Å². The van der Waals surface area contributed by atoms with Crippen LogP contribution in [0.2, 0.25) is 0 Å². The fourth-order valence-corrected chi connectivity index (χ4v) is 1.17. The number of nitrogens with zero attached hydrogens (tertiary/aromatic N) is 4. The van der Waals surface area contributed by atoms with Gasteiger partial charge in [-0.15, -0.1) is 0 Å². The van der Waals surface area contributed by atoms with Crippen molar-refractivity contribution in [1.29, 1.82) is 0 Å². The van der Waals surface area contributed by atoms with Crippen LogP contribution in [0.4, 0.5) is 0 Å². The van der Waals surface area contributed by atoms with Crippen LogP contribution in [0.15, 0.2) is 58.8 Å². The molecule has 111 valence electrons. The van der Waals surface area contributed by atoms with Crippen molar-refractivity contribution in [2.45, 2.75) is 0 Å². The third kappa shape index (κ3) is 12.3. The molecule has 4 nitrogen and oxygen atoms in total. The van der Waals surface area contributed by atoms with Crippen LogP contribution in [-0.4, -0.2) is 36.5 Å². The molecule has 0 bridgehead atoms. The molecule has 0 aliphatic heterocycles. The van der Waals surface area contributed by atoms with E-state index in [1.165, 1.54) is 0 Å². The van der Waals surface area contributed by atoms with E-state index in [1.807, 2.05) is 36.4 Å². The quantitative estimate of drug-likeness (QED) is 0.766. The summed E-state index contributed by atoms with van der Waals surface area (Å²) >= 11 is -0.368. The molecule has 0 saturated heterocycles. The van der Waals surface area contributed by atoms with Crippen LogP contribution in [0.3, 0.4) is 0 Å². The molecule has 0 aliphatic carbocycles. The number of aromatic nitrogens is 2. The monoisotopic (exact) mass is 361 g/mol. The zero-order chi connectivity index (χ0) is 15.8. The van der Waals surface area contributed by atoms with Crippen LogP contribution >= 0.6 is 19.7 Å². The minimum atomic E-state index is -0.368. The SMILES string of the molecule is CN=Cc1ccccn1.CN=Cc1ccccn1.[Cl][V][Cl]. The van der Waals surface area contributed by atoms with Gasteiger partial charge in [-0.3, -0.25) is 20.0 Å². The number of hydrogen-bond donors (Lipinski definition) is 0. The number of halogens is 2. The molecule has 0 aliphatic rings. The fourth-order valence-electron chi connectivity index (χ4n) is 1.17. The molecule has 0 amide bonds. The predicted molar refractivity (Wildman–Crippen MR) is 87.2 cm³/mol. The first-order valence-electron chi connectivity index (χ1n) is 5.87. The molecule has 21 heavy (non-hydrogen) atoms. The number of aliphatic imine (C=N–C) groups is 2. The van der Waals surface area contributed by atoms with Gasteiger partial charge in [0.25, 0.3) is 0 Å². The zero-order valence-corrected chi connectivity index (χ0v) is 14.7. The van der Waals surface area contributed by atoms with Crippen LogP contribution in [0.5, 0.6) is 0 Å². The molecule has 0 unspecified atom stereocenters. The Morgan fingerprint density at radius 3 is 1.48 bits per heavy atom. The Hall–Kier alpha value is -1.20. The van der Waals surface area contributed by atoms with Crippen LogP contribution in [0, 0.1) is 0 Å². The van der Waals surface area contributed by atoms with Crippen molar-refractivity contribution in [2.24, 2.45) is 9.98 Å². The topological polar surface area (TPSA) is 50.5 Å². The average Bonchev–Trinajstić information content (AvgIpc) is 2.52. The van der Waals surface area contributed by atoms with Gasteiger partial charge in [0.05, 0.1) is 11.4 Å². The number of pyridine rings is 2. The maximum atomic E-state index is 4.86. The summed E-state index contributed by atoms with van der Waals surface area (Å²) in [5, 5.41) is 0. The van der Waals surface area contributed by atoms with Gasteiger partial charge in [0.2, 0.25) is 0 Å². The molecule has 0 radical (unpaired) electrons. The summed E-state index contributed by atoms with van der Waals surface area (Å²) in [6, 6.07) is 11.5. The standard InChI is InChI=1S/2C7H8N2.2ClH.V/c2*1-8-6-7-4-2-3-5-9-7;;;/h2*2-6H,1H3;2*1H;/q;;;;+2/p-2. The van der Waals surface area contributed by atoms with Crippen LogP contribution < -0.4 is 0 Å². The summed E-state index contributed by atoms with van der Waals surface area (Å²) in [7, 11) is 13.2. The Bertz CT molecular complexity index is 459. The summed E-state index contributed by atoms with van der Waals surface area (Å²) < 4.78 is 0. The summed E-state index contributed by atoms with van der Waals surface area (Å²) in [5.41, 5.74) is 1.81. The number of hydrogen-bond acceptors (Lipinski definition) is 4. The van der Waals surface area contributed by atoms with Gasteiger partial charge in [0, 0.05) is 38.9 Å². The average molecular weight is 362 g/mol. The van der Waals surface area contributed by atoms with Gasteiger partial charge in [-0.1, -0.05) is 12.1 Å². The Balaban J connectivity index is 0.000000322. The van der Waals surface area contributed by atoms with Crippen molar-refractivity contribution in [3.8, 4) is 0 Å². The molecule has 7 heteroatoms. The molecule has 0 saturated carbocycles. The molecule has 2 aromatic rings. The first-order chi connectivity index (χ1) is 10.3. The van der Waals surface area contributed by atoms with Gasteiger partial charge in [0.15, 0.2) is 0 Å². The van der Waals surface area contributed by atoms with Gasteiger partial charge in [-0.25, -0.2) is 0 Å². The summed E-state index contributed by atoms with van der Waals surface area (Å²) in [4.78, 5) is 15.7. The molecule has 2 heterocycles. The van der Waals surface area contributed by atoms with E-state index in [2.05, 4.69) is 20.0 Å². The van der Waals surface area contributed by atoms with Crippen molar-refractivity contribution >= 4 is 32.1 Å². The zero-order valence-electron chi connectivity index (χ0n) is 11.8. The summed E-state index contributed by atoms with van der Waals surface area (Å²) in [6.45, 7) is 0. The minimum absolute atomic E-state index is 0.368. The van der Waals surface area contributed by atoms with Crippen LogP contribution in [0.1, 0.15) is 11.4 Å². The molecule has 2 aromatic heterocycles. The summed E-state index contributed by atoms with van der Waals surface area (Å²) in [6.07, 6.45) is 6.94. The molecular weight excluding hydrogens is 346 g/mol. The maximum absolute atomic E-state index is 4.86. The van der Waals surface area contributed by atoms with Gasteiger partial charge >= 0.3 is 34.1 Å².